The van der Waals surface area contributed by atoms with E-state index in [0.717, 1.165) is 6.42 Å². The average molecular weight is 262 g/mol. The maximum atomic E-state index is 11.9. The molecular weight excluding hydrogens is 244 g/mol. The Hall–Kier alpha value is -2.04. The van der Waals surface area contributed by atoms with E-state index in [1.165, 1.54) is 10.5 Å². The maximum absolute atomic E-state index is 11.9. The second-order valence-corrected chi connectivity index (χ2v) is 4.45. The zero-order valence-corrected chi connectivity index (χ0v) is 11.0. The van der Waals surface area contributed by atoms with Gasteiger partial charge in [0.2, 0.25) is 5.91 Å². The van der Waals surface area contributed by atoms with Crippen molar-refractivity contribution in [3.8, 4) is 5.75 Å². The highest BCUT2D eigenvalue weighted by Crippen LogP contribution is 2.12. The van der Waals surface area contributed by atoms with Gasteiger partial charge in [-0.3, -0.25) is 9.59 Å². The summed E-state index contributed by atoms with van der Waals surface area (Å²) in [6.45, 7) is 3.23. The first-order valence-corrected chi connectivity index (χ1v) is 6.45. The van der Waals surface area contributed by atoms with Crippen molar-refractivity contribution in [1.82, 2.24) is 10.2 Å². The van der Waals surface area contributed by atoms with E-state index in [1.54, 1.807) is 0 Å². The third-order valence-electron chi connectivity index (χ3n) is 3.08. The number of carbonyl (C=O) groups is 2. The molecule has 0 bridgehead atoms. The lowest BCUT2D eigenvalue weighted by molar-refractivity contribution is -0.139. The molecule has 2 rings (SSSR count). The standard InChI is InChI=1S/C14H18N2O3/c1-2-11-3-5-12(6-4-11)19-10-14(18)16-8-7-15-13(17)9-16/h3-6H,2,7-10H2,1H3,(H,15,17). The Morgan fingerprint density at radius 2 is 2.11 bits per heavy atom. The molecule has 0 atom stereocenters. The van der Waals surface area contributed by atoms with E-state index in [0.29, 0.717) is 18.8 Å². The highest BCUT2D eigenvalue weighted by atomic mass is 16.5. The molecule has 0 unspecified atom stereocenters. The number of piperazine rings is 1. The summed E-state index contributed by atoms with van der Waals surface area (Å²) in [6, 6.07) is 7.67. The number of ether oxygens (including phenoxy) is 1. The summed E-state index contributed by atoms with van der Waals surface area (Å²) in [5, 5.41) is 2.68. The Labute approximate surface area is 112 Å². The molecule has 1 aromatic rings. The van der Waals surface area contributed by atoms with E-state index < -0.39 is 0 Å². The van der Waals surface area contributed by atoms with Gasteiger partial charge in [-0.2, -0.15) is 0 Å². The van der Waals surface area contributed by atoms with Crippen molar-refractivity contribution in [2.45, 2.75) is 13.3 Å². The predicted octanol–water partition coefficient (Wildman–Crippen LogP) is 0.586. The lowest BCUT2D eigenvalue weighted by Crippen LogP contribution is -2.51. The van der Waals surface area contributed by atoms with Crippen molar-refractivity contribution in [3.05, 3.63) is 29.8 Å². The lowest BCUT2D eigenvalue weighted by atomic mass is 10.2. The molecule has 2 amide bonds. The number of aryl methyl sites for hydroxylation is 1. The van der Waals surface area contributed by atoms with Crippen LogP contribution in [0.3, 0.4) is 0 Å². The van der Waals surface area contributed by atoms with Crippen LogP contribution in [0, 0.1) is 0 Å². The van der Waals surface area contributed by atoms with Gasteiger partial charge in [0.05, 0.1) is 6.54 Å². The van der Waals surface area contributed by atoms with E-state index >= 15 is 0 Å². The molecule has 5 heteroatoms. The van der Waals surface area contributed by atoms with Crippen molar-refractivity contribution < 1.29 is 14.3 Å². The number of benzene rings is 1. The van der Waals surface area contributed by atoms with Crippen molar-refractivity contribution in [2.24, 2.45) is 0 Å². The third kappa shape index (κ3) is 3.71. The summed E-state index contributed by atoms with van der Waals surface area (Å²) in [6.07, 6.45) is 0.974. The summed E-state index contributed by atoms with van der Waals surface area (Å²) < 4.78 is 5.43. The van der Waals surface area contributed by atoms with Crippen LogP contribution in [0.15, 0.2) is 24.3 Å². The van der Waals surface area contributed by atoms with E-state index in [9.17, 15) is 9.59 Å². The number of hydrogen-bond acceptors (Lipinski definition) is 3. The highest BCUT2D eigenvalue weighted by Gasteiger charge is 2.21. The van der Waals surface area contributed by atoms with Gasteiger partial charge in [0.15, 0.2) is 6.61 Å². The molecule has 1 N–H and O–H groups in total. The largest absolute Gasteiger partial charge is 0.484 e. The maximum Gasteiger partial charge on any atom is 0.261 e. The van der Waals surface area contributed by atoms with E-state index in [2.05, 4.69) is 12.2 Å². The van der Waals surface area contributed by atoms with E-state index in [4.69, 9.17) is 4.74 Å². The minimum Gasteiger partial charge on any atom is -0.484 e. The average Bonchev–Trinajstić information content (AvgIpc) is 2.45. The summed E-state index contributed by atoms with van der Waals surface area (Å²) in [7, 11) is 0. The second-order valence-electron chi connectivity index (χ2n) is 4.45. The molecule has 0 saturated carbocycles. The third-order valence-corrected chi connectivity index (χ3v) is 3.08. The molecule has 1 aliphatic rings. The molecule has 0 radical (unpaired) electrons. The quantitative estimate of drug-likeness (QED) is 0.864. The fourth-order valence-electron chi connectivity index (χ4n) is 1.91. The molecule has 102 valence electrons. The topological polar surface area (TPSA) is 58.6 Å². The van der Waals surface area contributed by atoms with Crippen molar-refractivity contribution in [3.63, 3.8) is 0 Å². The fraction of sp³-hybridized carbons (Fsp3) is 0.429. The summed E-state index contributed by atoms with van der Waals surface area (Å²) >= 11 is 0. The second kappa shape index (κ2) is 6.22. The Kier molecular flexibility index (Phi) is 4.39. The molecular formula is C14H18N2O3. The predicted molar refractivity (Wildman–Crippen MR) is 70.9 cm³/mol. The molecule has 1 saturated heterocycles. The van der Waals surface area contributed by atoms with Crippen LogP contribution in [-0.4, -0.2) is 43.0 Å². The number of carbonyl (C=O) groups excluding carboxylic acids is 2. The smallest absolute Gasteiger partial charge is 0.261 e. The molecule has 19 heavy (non-hydrogen) atoms. The zero-order chi connectivity index (χ0) is 13.7. The minimum atomic E-state index is -0.158. The van der Waals surface area contributed by atoms with Crippen molar-refractivity contribution in [1.29, 1.82) is 0 Å². The van der Waals surface area contributed by atoms with Gasteiger partial charge in [0.1, 0.15) is 5.75 Å². The monoisotopic (exact) mass is 262 g/mol. The summed E-state index contributed by atoms with van der Waals surface area (Å²) in [5.41, 5.74) is 1.23. The van der Waals surface area contributed by atoms with Gasteiger partial charge >= 0.3 is 0 Å². The van der Waals surface area contributed by atoms with Crippen LogP contribution in [0.2, 0.25) is 0 Å². The Morgan fingerprint density at radius 3 is 2.74 bits per heavy atom. The zero-order valence-electron chi connectivity index (χ0n) is 11.0. The number of rotatable bonds is 4. The minimum absolute atomic E-state index is 0.0290. The fourth-order valence-corrected chi connectivity index (χ4v) is 1.91. The van der Waals surface area contributed by atoms with Gasteiger partial charge in [-0.1, -0.05) is 19.1 Å². The van der Waals surface area contributed by atoms with Gasteiger partial charge in [0, 0.05) is 13.1 Å². The molecule has 1 aromatic carbocycles. The summed E-state index contributed by atoms with van der Waals surface area (Å²) in [4.78, 5) is 24.6. The Balaban J connectivity index is 1.83. The van der Waals surface area contributed by atoms with Crippen LogP contribution in [0.5, 0.6) is 5.75 Å². The Morgan fingerprint density at radius 1 is 1.37 bits per heavy atom. The van der Waals surface area contributed by atoms with E-state index in [-0.39, 0.29) is 25.0 Å². The first-order chi connectivity index (χ1) is 9.19. The first kappa shape index (κ1) is 13.4. The van der Waals surface area contributed by atoms with Gasteiger partial charge < -0.3 is 15.0 Å². The SMILES string of the molecule is CCc1ccc(OCC(=O)N2CCNC(=O)C2)cc1. The van der Waals surface area contributed by atoms with Crippen LogP contribution >= 0.6 is 0 Å². The molecule has 1 fully saturated rings. The lowest BCUT2D eigenvalue weighted by Gasteiger charge is -2.26. The molecule has 0 aromatic heterocycles. The van der Waals surface area contributed by atoms with Gasteiger partial charge in [-0.05, 0) is 24.1 Å². The van der Waals surface area contributed by atoms with Gasteiger partial charge in [0.25, 0.3) is 5.91 Å². The van der Waals surface area contributed by atoms with Crippen LogP contribution in [-0.2, 0) is 16.0 Å². The molecule has 1 heterocycles. The summed E-state index contributed by atoms with van der Waals surface area (Å²) in [5.74, 6) is 0.397. The molecule has 0 spiro atoms. The van der Waals surface area contributed by atoms with Crippen LogP contribution in [0.4, 0.5) is 0 Å². The number of amides is 2. The van der Waals surface area contributed by atoms with Crippen LogP contribution < -0.4 is 10.1 Å². The number of nitrogens with one attached hydrogen (secondary N) is 1. The molecule has 0 aliphatic carbocycles. The van der Waals surface area contributed by atoms with Crippen molar-refractivity contribution >= 4 is 11.8 Å². The van der Waals surface area contributed by atoms with Crippen LogP contribution in [0.25, 0.3) is 0 Å². The molecule has 1 aliphatic heterocycles. The number of nitrogens with zero attached hydrogens (tertiary/aromatic N) is 1. The van der Waals surface area contributed by atoms with Crippen molar-refractivity contribution in [2.75, 3.05) is 26.2 Å². The van der Waals surface area contributed by atoms with Gasteiger partial charge in [-0.15, -0.1) is 0 Å². The Bertz CT molecular complexity index is 456. The number of hydrogen-bond donors (Lipinski definition) is 1. The highest BCUT2D eigenvalue weighted by molar-refractivity contribution is 5.86. The first-order valence-electron chi connectivity index (χ1n) is 6.45. The molecule has 5 nitrogen and oxygen atoms in total. The van der Waals surface area contributed by atoms with E-state index in [1.807, 2.05) is 24.3 Å². The normalized spacial score (nSPS) is 15.0. The van der Waals surface area contributed by atoms with Gasteiger partial charge in [-0.25, -0.2) is 0 Å². The van der Waals surface area contributed by atoms with Crippen LogP contribution in [0.1, 0.15) is 12.5 Å².